The summed E-state index contributed by atoms with van der Waals surface area (Å²) in [5.41, 5.74) is 0.849. The molecule has 2 heterocycles. The Balaban J connectivity index is 0.000000514. The summed E-state index contributed by atoms with van der Waals surface area (Å²) in [6.07, 6.45) is 0. The zero-order chi connectivity index (χ0) is 12.3. The second-order valence-corrected chi connectivity index (χ2v) is 3.36. The van der Waals surface area contributed by atoms with Crippen molar-refractivity contribution in [3.05, 3.63) is 30.3 Å². The van der Waals surface area contributed by atoms with Gasteiger partial charge in [-0.05, 0) is 12.1 Å². The summed E-state index contributed by atoms with van der Waals surface area (Å²) in [6.45, 7) is 4.06. The second kappa shape index (κ2) is 4.82. The smallest absolute Gasteiger partial charge is 0.263 e. The molecule has 0 saturated heterocycles. The number of ether oxygens (including phenoxy) is 1. The fraction of sp³-hybridized carbons (Fsp3) is 0.231. The zero-order valence-electron chi connectivity index (χ0n) is 9.86. The van der Waals surface area contributed by atoms with Gasteiger partial charge in [-0.15, -0.1) is 0 Å². The van der Waals surface area contributed by atoms with E-state index in [-0.39, 0.29) is 12.5 Å². The van der Waals surface area contributed by atoms with E-state index >= 15 is 0 Å². The number of pyridine rings is 1. The van der Waals surface area contributed by atoms with Crippen molar-refractivity contribution in [3.8, 4) is 5.75 Å². The summed E-state index contributed by atoms with van der Waals surface area (Å²) in [5, 5.41) is 3.68. The minimum absolute atomic E-state index is 0.0625. The molecule has 4 nitrogen and oxygen atoms in total. The van der Waals surface area contributed by atoms with Crippen molar-refractivity contribution in [3.63, 3.8) is 0 Å². The zero-order valence-corrected chi connectivity index (χ0v) is 9.86. The summed E-state index contributed by atoms with van der Waals surface area (Å²) in [5.74, 6) is 0.975. The molecule has 0 aliphatic carbocycles. The number of anilines is 1. The Bertz CT molecular complexity index is 552. The van der Waals surface area contributed by atoms with Crippen LogP contribution in [0, 0.1) is 0 Å². The lowest BCUT2D eigenvalue weighted by atomic mass is 10.2. The molecule has 0 saturated carbocycles. The van der Waals surface area contributed by atoms with Gasteiger partial charge in [0.05, 0.1) is 5.52 Å². The topological polar surface area (TPSA) is 51.2 Å². The number of nitrogens with zero attached hydrogens (tertiary/aromatic N) is 1. The van der Waals surface area contributed by atoms with Crippen LogP contribution in [0.3, 0.4) is 0 Å². The van der Waals surface area contributed by atoms with Gasteiger partial charge in [0.25, 0.3) is 5.91 Å². The molecular formula is C13H14N2O2. The molecule has 4 heteroatoms. The van der Waals surface area contributed by atoms with E-state index in [9.17, 15) is 4.79 Å². The number of benzene rings is 1. The fourth-order valence-corrected chi connectivity index (χ4v) is 1.61. The van der Waals surface area contributed by atoms with Crippen LogP contribution in [-0.4, -0.2) is 17.5 Å². The number of fused-ring (bicyclic) bond motifs is 2. The third-order valence-electron chi connectivity index (χ3n) is 2.31. The number of nitrogens with one attached hydrogen (secondary N) is 1. The van der Waals surface area contributed by atoms with E-state index in [1.807, 2.05) is 44.2 Å². The van der Waals surface area contributed by atoms with Gasteiger partial charge in [-0.3, -0.25) is 4.79 Å². The lowest BCUT2D eigenvalue weighted by Gasteiger charge is -2.17. The van der Waals surface area contributed by atoms with Gasteiger partial charge < -0.3 is 10.1 Å². The monoisotopic (exact) mass is 230 g/mol. The van der Waals surface area contributed by atoms with E-state index in [4.69, 9.17) is 4.74 Å². The summed E-state index contributed by atoms with van der Waals surface area (Å²) >= 11 is 0. The maximum Gasteiger partial charge on any atom is 0.263 e. The number of rotatable bonds is 0. The molecule has 0 bridgehead atoms. The number of hydrogen-bond acceptors (Lipinski definition) is 3. The maximum absolute atomic E-state index is 11.1. The molecule has 1 amide bonds. The molecule has 1 aliphatic heterocycles. The Labute approximate surface area is 99.6 Å². The van der Waals surface area contributed by atoms with E-state index in [1.165, 1.54) is 0 Å². The van der Waals surface area contributed by atoms with Crippen LogP contribution < -0.4 is 10.1 Å². The Morgan fingerprint density at radius 3 is 2.88 bits per heavy atom. The van der Waals surface area contributed by atoms with Gasteiger partial charge in [0.1, 0.15) is 0 Å². The van der Waals surface area contributed by atoms with E-state index in [1.54, 1.807) is 0 Å². The maximum atomic E-state index is 11.1. The summed E-state index contributed by atoms with van der Waals surface area (Å²) < 4.78 is 5.27. The first kappa shape index (κ1) is 11.4. The normalized spacial score (nSPS) is 12.9. The highest BCUT2D eigenvalue weighted by molar-refractivity contribution is 5.96. The van der Waals surface area contributed by atoms with Gasteiger partial charge in [-0.2, -0.15) is 0 Å². The van der Waals surface area contributed by atoms with Crippen LogP contribution in [0.4, 0.5) is 5.82 Å². The number of carbonyl (C=O) groups excluding carboxylic acids is 1. The summed E-state index contributed by atoms with van der Waals surface area (Å²) in [4.78, 5) is 15.4. The summed E-state index contributed by atoms with van der Waals surface area (Å²) in [7, 11) is 0. The molecule has 0 radical (unpaired) electrons. The van der Waals surface area contributed by atoms with Gasteiger partial charge in [0.15, 0.2) is 18.2 Å². The molecule has 0 unspecified atom stereocenters. The third kappa shape index (κ3) is 2.20. The largest absolute Gasteiger partial charge is 0.480 e. The number of aromatic nitrogens is 1. The molecule has 88 valence electrons. The standard InChI is InChI=1S/C11H8N2O2.C2H6/c14-10-6-15-9-5-7-3-1-2-4-8(7)12-11(9)13-10;1-2/h1-5H,6H2,(H,12,13,14);1-2H3. The van der Waals surface area contributed by atoms with Crippen molar-refractivity contribution >= 4 is 22.6 Å². The van der Waals surface area contributed by atoms with Crippen molar-refractivity contribution < 1.29 is 9.53 Å². The van der Waals surface area contributed by atoms with Crippen LogP contribution in [-0.2, 0) is 4.79 Å². The van der Waals surface area contributed by atoms with Crippen LogP contribution >= 0.6 is 0 Å². The van der Waals surface area contributed by atoms with Crippen molar-refractivity contribution in [1.82, 2.24) is 4.98 Å². The van der Waals surface area contributed by atoms with Crippen LogP contribution in [0.15, 0.2) is 30.3 Å². The molecule has 17 heavy (non-hydrogen) atoms. The van der Waals surface area contributed by atoms with Gasteiger partial charge in [-0.25, -0.2) is 4.98 Å². The minimum Gasteiger partial charge on any atom is -0.480 e. The highest BCUT2D eigenvalue weighted by Crippen LogP contribution is 2.29. The van der Waals surface area contributed by atoms with Crippen molar-refractivity contribution in [2.75, 3.05) is 11.9 Å². The Morgan fingerprint density at radius 2 is 2.06 bits per heavy atom. The van der Waals surface area contributed by atoms with Crippen LogP contribution in [0.5, 0.6) is 5.75 Å². The van der Waals surface area contributed by atoms with E-state index in [0.717, 1.165) is 10.9 Å². The lowest BCUT2D eigenvalue weighted by molar-refractivity contribution is -0.118. The number of carbonyl (C=O) groups is 1. The molecule has 1 N–H and O–H groups in total. The first-order valence-electron chi connectivity index (χ1n) is 5.65. The van der Waals surface area contributed by atoms with Crippen molar-refractivity contribution in [1.29, 1.82) is 0 Å². The first-order chi connectivity index (χ1) is 8.33. The summed E-state index contributed by atoms with van der Waals surface area (Å²) in [6, 6.07) is 9.60. The van der Waals surface area contributed by atoms with Gasteiger partial charge in [-0.1, -0.05) is 32.0 Å². The molecule has 0 atom stereocenters. The van der Waals surface area contributed by atoms with Crippen LogP contribution in [0.1, 0.15) is 13.8 Å². The molecule has 1 aliphatic rings. The molecule has 1 aromatic carbocycles. The predicted molar refractivity (Wildman–Crippen MR) is 67.2 cm³/mol. The van der Waals surface area contributed by atoms with E-state index < -0.39 is 0 Å². The lowest BCUT2D eigenvalue weighted by Crippen LogP contribution is -2.26. The predicted octanol–water partition coefficient (Wildman–Crippen LogP) is 2.59. The van der Waals surface area contributed by atoms with Gasteiger partial charge >= 0.3 is 0 Å². The number of amides is 1. The van der Waals surface area contributed by atoms with Crippen molar-refractivity contribution in [2.45, 2.75) is 13.8 Å². The first-order valence-corrected chi connectivity index (χ1v) is 5.65. The molecule has 3 rings (SSSR count). The van der Waals surface area contributed by atoms with Crippen molar-refractivity contribution in [2.24, 2.45) is 0 Å². The van der Waals surface area contributed by atoms with Gasteiger partial charge in [0, 0.05) is 5.39 Å². The SMILES string of the molecule is CC.O=C1COc2cc3ccccc3nc2N1. The third-order valence-corrected chi connectivity index (χ3v) is 2.31. The number of para-hydroxylation sites is 1. The molecule has 2 aromatic rings. The van der Waals surface area contributed by atoms with E-state index in [0.29, 0.717) is 11.6 Å². The van der Waals surface area contributed by atoms with Crippen LogP contribution in [0.2, 0.25) is 0 Å². The Hall–Kier alpha value is -2.10. The number of hydrogen-bond donors (Lipinski definition) is 1. The average molecular weight is 230 g/mol. The van der Waals surface area contributed by atoms with Crippen LogP contribution in [0.25, 0.3) is 10.9 Å². The quantitative estimate of drug-likeness (QED) is 0.756. The van der Waals surface area contributed by atoms with Gasteiger partial charge in [0.2, 0.25) is 0 Å². The average Bonchev–Trinajstić information content (AvgIpc) is 2.38. The second-order valence-electron chi connectivity index (χ2n) is 3.36. The molecule has 0 spiro atoms. The highest BCUT2D eigenvalue weighted by atomic mass is 16.5. The Kier molecular flexibility index (Phi) is 3.23. The Morgan fingerprint density at radius 1 is 1.29 bits per heavy atom. The van der Waals surface area contributed by atoms with E-state index in [2.05, 4.69) is 10.3 Å². The fourth-order valence-electron chi connectivity index (χ4n) is 1.61. The molecule has 1 aromatic heterocycles. The minimum atomic E-state index is -0.162. The highest BCUT2D eigenvalue weighted by Gasteiger charge is 2.17. The molecular weight excluding hydrogens is 216 g/mol. The molecule has 0 fully saturated rings.